The quantitative estimate of drug-likeness (QED) is 0.696. The largest absolute Gasteiger partial charge is 0.461 e. The van der Waals surface area contributed by atoms with Crippen LogP contribution in [0.5, 0.6) is 0 Å². The molecule has 2 rings (SSSR count). The number of carbonyl (C=O) groups is 2. The Balaban J connectivity index is 2.48. The van der Waals surface area contributed by atoms with Gasteiger partial charge >= 0.3 is 11.9 Å². The molecular formula is C22H30O7. The monoisotopic (exact) mass is 406 g/mol. The molecule has 1 aliphatic heterocycles. The van der Waals surface area contributed by atoms with Crippen LogP contribution in [0.4, 0.5) is 0 Å². The van der Waals surface area contributed by atoms with Crippen LogP contribution in [-0.2, 0) is 28.5 Å². The van der Waals surface area contributed by atoms with Crippen molar-refractivity contribution in [2.24, 2.45) is 0 Å². The van der Waals surface area contributed by atoms with Gasteiger partial charge in [-0.2, -0.15) is 0 Å². The molecule has 0 saturated carbocycles. The zero-order valence-electron chi connectivity index (χ0n) is 17.7. The average molecular weight is 406 g/mol. The maximum atomic E-state index is 13.1. The second-order valence-electron chi connectivity index (χ2n) is 7.95. The second kappa shape index (κ2) is 9.07. The molecule has 0 aliphatic carbocycles. The van der Waals surface area contributed by atoms with Gasteiger partial charge in [0.25, 0.3) is 0 Å². The number of aliphatic hydroxyl groups excluding tert-OH is 1. The summed E-state index contributed by atoms with van der Waals surface area (Å²) in [5.74, 6) is -3.02. The fourth-order valence-corrected chi connectivity index (χ4v) is 3.07. The highest BCUT2D eigenvalue weighted by Gasteiger charge is 2.66. The molecule has 1 saturated heterocycles. The lowest BCUT2D eigenvalue weighted by molar-refractivity contribution is -0.205. The predicted molar refractivity (Wildman–Crippen MR) is 107 cm³/mol. The van der Waals surface area contributed by atoms with E-state index in [9.17, 15) is 14.7 Å². The third-order valence-corrected chi connectivity index (χ3v) is 4.14. The Kier molecular flexibility index (Phi) is 7.21. The van der Waals surface area contributed by atoms with E-state index < -0.39 is 47.7 Å². The van der Waals surface area contributed by atoms with Crippen LogP contribution in [0, 0.1) is 0 Å². The topological polar surface area (TPSA) is 91.3 Å². The van der Waals surface area contributed by atoms with Crippen LogP contribution in [0.3, 0.4) is 0 Å². The summed E-state index contributed by atoms with van der Waals surface area (Å²) in [6.45, 7) is 9.80. The number of esters is 2. The molecule has 1 aromatic carbocycles. The lowest BCUT2D eigenvalue weighted by Crippen LogP contribution is -2.60. The lowest BCUT2D eigenvalue weighted by atomic mass is 9.89. The fourth-order valence-electron chi connectivity index (χ4n) is 3.07. The molecule has 7 heteroatoms. The normalized spacial score (nSPS) is 24.8. The van der Waals surface area contributed by atoms with Gasteiger partial charge in [-0.1, -0.05) is 42.5 Å². The Bertz CT molecular complexity index is 739. The highest BCUT2D eigenvalue weighted by Crippen LogP contribution is 2.41. The van der Waals surface area contributed by atoms with Gasteiger partial charge in [0.2, 0.25) is 11.7 Å². The van der Waals surface area contributed by atoms with E-state index in [-0.39, 0.29) is 0 Å². The smallest absolute Gasteiger partial charge is 0.345 e. The summed E-state index contributed by atoms with van der Waals surface area (Å²) in [6, 6.07) is 9.22. The van der Waals surface area contributed by atoms with E-state index in [1.54, 1.807) is 47.6 Å². The first kappa shape index (κ1) is 23.1. The highest BCUT2D eigenvalue weighted by molar-refractivity contribution is 5.91. The van der Waals surface area contributed by atoms with Gasteiger partial charge < -0.3 is 24.1 Å². The Morgan fingerprint density at radius 2 is 1.66 bits per heavy atom. The Hall–Kier alpha value is -2.22. The number of aliphatic hydroxyl groups is 1. The van der Waals surface area contributed by atoms with Crippen LogP contribution in [0.2, 0.25) is 0 Å². The van der Waals surface area contributed by atoms with Gasteiger partial charge in [-0.05, 0) is 47.1 Å². The van der Waals surface area contributed by atoms with Crippen molar-refractivity contribution < 1.29 is 33.6 Å². The van der Waals surface area contributed by atoms with E-state index in [0.29, 0.717) is 0 Å². The first-order valence-electron chi connectivity index (χ1n) is 9.69. The van der Waals surface area contributed by atoms with Gasteiger partial charge in [0.1, 0.15) is 6.10 Å². The number of benzene rings is 1. The summed E-state index contributed by atoms with van der Waals surface area (Å²) in [6.07, 6.45) is -0.933. The molecule has 1 fully saturated rings. The van der Waals surface area contributed by atoms with Crippen molar-refractivity contribution >= 4 is 18.0 Å². The van der Waals surface area contributed by atoms with Crippen molar-refractivity contribution in [3.8, 4) is 0 Å². The molecule has 0 amide bonds. The first-order chi connectivity index (χ1) is 13.5. The third kappa shape index (κ3) is 5.44. The molecule has 1 N–H and O–H groups in total. The van der Waals surface area contributed by atoms with Crippen LogP contribution in [0.25, 0.3) is 6.08 Å². The summed E-state index contributed by atoms with van der Waals surface area (Å²) in [5.41, 5.74) is -1.30. The summed E-state index contributed by atoms with van der Waals surface area (Å²) < 4.78 is 22.2. The number of carbonyl (C=O) groups excluding carboxylic acids is 2. The number of hydrogen-bond acceptors (Lipinski definition) is 7. The van der Waals surface area contributed by atoms with Crippen molar-refractivity contribution in [3.63, 3.8) is 0 Å². The van der Waals surface area contributed by atoms with Crippen LogP contribution in [0.1, 0.15) is 47.1 Å². The van der Waals surface area contributed by atoms with E-state index >= 15 is 0 Å². The molecule has 1 aliphatic rings. The predicted octanol–water partition coefficient (Wildman–Crippen LogP) is 2.85. The highest BCUT2D eigenvalue weighted by atomic mass is 16.8. The Labute approximate surface area is 171 Å². The summed E-state index contributed by atoms with van der Waals surface area (Å²) in [4.78, 5) is 25.8. The number of rotatable bonds is 7. The molecular weight excluding hydrogens is 376 g/mol. The summed E-state index contributed by atoms with van der Waals surface area (Å²) >= 11 is 0. The van der Waals surface area contributed by atoms with Gasteiger partial charge in [-0.25, -0.2) is 9.59 Å². The van der Waals surface area contributed by atoms with Crippen molar-refractivity contribution in [3.05, 3.63) is 42.0 Å². The molecule has 0 unspecified atom stereocenters. The molecule has 7 nitrogen and oxygen atoms in total. The van der Waals surface area contributed by atoms with Crippen LogP contribution in [-0.4, -0.2) is 52.8 Å². The van der Waals surface area contributed by atoms with Gasteiger partial charge in [0, 0.05) is 0 Å². The number of ether oxygens (including phenoxy) is 4. The zero-order chi connectivity index (χ0) is 21.8. The van der Waals surface area contributed by atoms with Gasteiger partial charge in [-0.15, -0.1) is 0 Å². The lowest BCUT2D eigenvalue weighted by Gasteiger charge is -2.33. The van der Waals surface area contributed by atoms with Crippen molar-refractivity contribution in [2.45, 2.75) is 77.3 Å². The van der Waals surface area contributed by atoms with Gasteiger partial charge in [0.05, 0.1) is 12.2 Å². The fraction of sp³-hybridized carbons (Fsp3) is 0.545. The average Bonchev–Trinajstić information content (AvgIpc) is 2.92. The van der Waals surface area contributed by atoms with Crippen molar-refractivity contribution in [1.29, 1.82) is 0 Å². The minimum atomic E-state index is -2.11. The second-order valence-corrected chi connectivity index (χ2v) is 7.95. The van der Waals surface area contributed by atoms with Gasteiger partial charge in [0.15, 0.2) is 5.79 Å². The van der Waals surface area contributed by atoms with Crippen molar-refractivity contribution in [1.82, 2.24) is 0 Å². The minimum absolute atomic E-state index is 0.439. The summed E-state index contributed by atoms with van der Waals surface area (Å²) in [7, 11) is 0. The standard InChI is InChI=1S/C22H30O7/c1-14(2)26-19(24)18-22(20(25)27-15(3)4,29-21(5,6)28-18)17(23)13-12-16-10-8-7-9-11-16/h7-15,17-18,23H,1-6H3/b13-12+/t17-,18-,22-/m1/s1. The maximum absolute atomic E-state index is 13.1. The first-order valence-corrected chi connectivity index (χ1v) is 9.69. The Morgan fingerprint density at radius 3 is 2.21 bits per heavy atom. The van der Waals surface area contributed by atoms with E-state index in [1.165, 1.54) is 6.08 Å². The number of hydrogen-bond donors (Lipinski definition) is 1. The van der Waals surface area contributed by atoms with E-state index in [4.69, 9.17) is 18.9 Å². The molecule has 160 valence electrons. The molecule has 0 bridgehead atoms. The van der Waals surface area contributed by atoms with Crippen LogP contribution in [0.15, 0.2) is 36.4 Å². The van der Waals surface area contributed by atoms with E-state index in [0.717, 1.165) is 5.56 Å². The van der Waals surface area contributed by atoms with Gasteiger partial charge in [-0.3, -0.25) is 0 Å². The maximum Gasteiger partial charge on any atom is 0.345 e. The molecule has 0 radical (unpaired) electrons. The molecule has 1 aromatic rings. The Morgan fingerprint density at radius 1 is 1.07 bits per heavy atom. The van der Waals surface area contributed by atoms with E-state index in [2.05, 4.69) is 0 Å². The van der Waals surface area contributed by atoms with Crippen molar-refractivity contribution in [2.75, 3.05) is 0 Å². The molecule has 0 aromatic heterocycles. The van der Waals surface area contributed by atoms with E-state index in [1.807, 2.05) is 30.3 Å². The third-order valence-electron chi connectivity index (χ3n) is 4.14. The molecule has 0 spiro atoms. The zero-order valence-corrected chi connectivity index (χ0v) is 17.7. The SMILES string of the molecule is CC(C)OC(=O)[C@H]1OC(C)(C)O[C@]1(C(=O)OC(C)C)[C@H](O)/C=C/c1ccccc1. The molecule has 3 atom stereocenters. The minimum Gasteiger partial charge on any atom is -0.461 e. The molecule has 1 heterocycles. The van der Waals surface area contributed by atoms with Crippen LogP contribution >= 0.6 is 0 Å². The summed E-state index contributed by atoms with van der Waals surface area (Å²) in [5, 5.41) is 11.0. The molecule has 29 heavy (non-hydrogen) atoms. The van der Waals surface area contributed by atoms with Crippen LogP contribution < -0.4 is 0 Å².